The standard InChI is InChI=1S/C18H20O4/c1-3-13-8-4-5-10-16(13)22-11-15-12(2)7-6-9-14(15)17(19)18(20)21/h4-10,17,19H,3,11H2,1-2H3,(H,20,21). The molecule has 116 valence electrons. The third-order valence-electron chi connectivity index (χ3n) is 3.70. The first-order valence-electron chi connectivity index (χ1n) is 7.24. The number of carbonyl (C=O) groups is 1. The number of carboxylic acid groups (broad SMARTS) is 1. The average molecular weight is 300 g/mol. The van der Waals surface area contributed by atoms with Crippen LogP contribution in [-0.4, -0.2) is 16.2 Å². The number of benzene rings is 2. The molecule has 2 aromatic rings. The summed E-state index contributed by atoms with van der Waals surface area (Å²) in [6.45, 7) is 4.15. The molecule has 0 amide bonds. The van der Waals surface area contributed by atoms with E-state index in [0.29, 0.717) is 11.1 Å². The topological polar surface area (TPSA) is 66.8 Å². The molecule has 0 spiro atoms. The molecule has 0 aliphatic heterocycles. The third kappa shape index (κ3) is 3.46. The molecule has 0 aromatic heterocycles. The van der Waals surface area contributed by atoms with Crippen LogP contribution in [0.1, 0.15) is 35.3 Å². The van der Waals surface area contributed by atoms with Crippen molar-refractivity contribution in [3.8, 4) is 5.75 Å². The summed E-state index contributed by atoms with van der Waals surface area (Å²) in [5, 5.41) is 18.9. The van der Waals surface area contributed by atoms with Crippen molar-refractivity contribution in [3.05, 3.63) is 64.7 Å². The molecule has 0 saturated heterocycles. The molecule has 0 heterocycles. The minimum Gasteiger partial charge on any atom is -0.489 e. The van der Waals surface area contributed by atoms with E-state index in [4.69, 9.17) is 9.84 Å². The molecule has 0 fully saturated rings. The van der Waals surface area contributed by atoms with Crippen molar-refractivity contribution in [2.24, 2.45) is 0 Å². The molecule has 2 rings (SSSR count). The predicted molar refractivity (Wildman–Crippen MR) is 83.9 cm³/mol. The van der Waals surface area contributed by atoms with Crippen LogP contribution in [0.5, 0.6) is 5.75 Å². The van der Waals surface area contributed by atoms with Gasteiger partial charge in [-0.1, -0.05) is 43.3 Å². The van der Waals surface area contributed by atoms with Gasteiger partial charge < -0.3 is 14.9 Å². The number of aliphatic carboxylic acids is 1. The number of aryl methyl sites for hydroxylation is 2. The van der Waals surface area contributed by atoms with Gasteiger partial charge in [-0.15, -0.1) is 0 Å². The number of hydrogen-bond acceptors (Lipinski definition) is 3. The fourth-order valence-electron chi connectivity index (χ4n) is 2.40. The fraction of sp³-hybridized carbons (Fsp3) is 0.278. The maximum Gasteiger partial charge on any atom is 0.337 e. The summed E-state index contributed by atoms with van der Waals surface area (Å²) in [7, 11) is 0. The quantitative estimate of drug-likeness (QED) is 0.859. The lowest BCUT2D eigenvalue weighted by Gasteiger charge is -2.17. The van der Waals surface area contributed by atoms with Gasteiger partial charge in [0.15, 0.2) is 6.10 Å². The van der Waals surface area contributed by atoms with Gasteiger partial charge in [0.25, 0.3) is 0 Å². The number of hydrogen-bond donors (Lipinski definition) is 2. The van der Waals surface area contributed by atoms with Gasteiger partial charge >= 0.3 is 5.97 Å². The zero-order valence-electron chi connectivity index (χ0n) is 12.7. The number of aliphatic hydroxyl groups is 1. The van der Waals surface area contributed by atoms with Crippen LogP contribution in [0.4, 0.5) is 0 Å². The highest BCUT2D eigenvalue weighted by molar-refractivity contribution is 5.74. The number of para-hydroxylation sites is 1. The molecular weight excluding hydrogens is 280 g/mol. The monoisotopic (exact) mass is 300 g/mol. The lowest BCUT2D eigenvalue weighted by atomic mass is 9.98. The van der Waals surface area contributed by atoms with Crippen molar-refractivity contribution in [1.82, 2.24) is 0 Å². The Labute approximate surface area is 130 Å². The van der Waals surface area contributed by atoms with Gasteiger partial charge in [0.05, 0.1) is 0 Å². The summed E-state index contributed by atoms with van der Waals surface area (Å²) >= 11 is 0. The Balaban J connectivity index is 2.28. The van der Waals surface area contributed by atoms with Gasteiger partial charge in [0.2, 0.25) is 0 Å². The van der Waals surface area contributed by atoms with E-state index in [2.05, 4.69) is 6.92 Å². The van der Waals surface area contributed by atoms with Crippen molar-refractivity contribution in [3.63, 3.8) is 0 Å². The Bertz CT molecular complexity index is 664. The van der Waals surface area contributed by atoms with Gasteiger partial charge in [-0.3, -0.25) is 0 Å². The fourth-order valence-corrected chi connectivity index (χ4v) is 2.40. The molecule has 0 bridgehead atoms. The summed E-state index contributed by atoms with van der Waals surface area (Å²) in [6, 6.07) is 13.0. The van der Waals surface area contributed by atoms with E-state index >= 15 is 0 Å². The van der Waals surface area contributed by atoms with Crippen molar-refractivity contribution in [1.29, 1.82) is 0 Å². The first-order valence-corrected chi connectivity index (χ1v) is 7.24. The highest BCUT2D eigenvalue weighted by Gasteiger charge is 2.20. The third-order valence-corrected chi connectivity index (χ3v) is 3.70. The largest absolute Gasteiger partial charge is 0.489 e. The predicted octanol–water partition coefficient (Wildman–Crippen LogP) is 3.25. The summed E-state index contributed by atoms with van der Waals surface area (Å²) in [4.78, 5) is 11.0. The van der Waals surface area contributed by atoms with E-state index < -0.39 is 12.1 Å². The van der Waals surface area contributed by atoms with Gasteiger partial charge in [-0.25, -0.2) is 4.79 Å². The minimum absolute atomic E-state index is 0.226. The normalized spacial score (nSPS) is 12.0. The van der Waals surface area contributed by atoms with Crippen molar-refractivity contribution < 1.29 is 19.7 Å². The average Bonchev–Trinajstić information content (AvgIpc) is 2.53. The van der Waals surface area contributed by atoms with E-state index in [0.717, 1.165) is 23.3 Å². The lowest BCUT2D eigenvalue weighted by molar-refractivity contribution is -0.147. The van der Waals surface area contributed by atoms with Crippen LogP contribution in [0.3, 0.4) is 0 Å². The van der Waals surface area contributed by atoms with Crippen LogP contribution in [0.2, 0.25) is 0 Å². The van der Waals surface area contributed by atoms with Crippen LogP contribution < -0.4 is 4.74 Å². The first-order chi connectivity index (χ1) is 10.5. The van der Waals surface area contributed by atoms with Crippen LogP contribution >= 0.6 is 0 Å². The lowest BCUT2D eigenvalue weighted by Crippen LogP contribution is -2.14. The van der Waals surface area contributed by atoms with Gasteiger partial charge in [-0.2, -0.15) is 0 Å². The van der Waals surface area contributed by atoms with Gasteiger partial charge in [0.1, 0.15) is 12.4 Å². The maximum atomic E-state index is 11.0. The summed E-state index contributed by atoms with van der Waals surface area (Å²) in [5.74, 6) is -0.482. The molecule has 4 nitrogen and oxygen atoms in total. The van der Waals surface area contributed by atoms with Crippen molar-refractivity contribution in [2.45, 2.75) is 33.0 Å². The minimum atomic E-state index is -1.54. The molecule has 0 saturated carbocycles. The van der Waals surface area contributed by atoms with Crippen molar-refractivity contribution >= 4 is 5.97 Å². The molecular formula is C18H20O4. The summed E-state index contributed by atoms with van der Waals surface area (Å²) < 4.78 is 5.86. The number of carboxylic acids is 1. The van der Waals surface area contributed by atoms with Crippen LogP contribution in [0, 0.1) is 6.92 Å². The van der Waals surface area contributed by atoms with Gasteiger partial charge in [-0.05, 0) is 41.7 Å². The van der Waals surface area contributed by atoms with E-state index in [1.54, 1.807) is 12.1 Å². The molecule has 0 radical (unpaired) electrons. The number of ether oxygens (including phenoxy) is 1. The molecule has 1 unspecified atom stereocenters. The number of rotatable bonds is 6. The molecule has 0 aliphatic rings. The number of aliphatic hydroxyl groups excluding tert-OH is 1. The molecule has 2 aromatic carbocycles. The van der Waals surface area contributed by atoms with Crippen LogP contribution in [-0.2, 0) is 17.8 Å². The maximum absolute atomic E-state index is 11.0. The highest BCUT2D eigenvalue weighted by atomic mass is 16.5. The van der Waals surface area contributed by atoms with E-state index in [1.807, 2.05) is 37.3 Å². The second kappa shape index (κ2) is 7.09. The second-order valence-corrected chi connectivity index (χ2v) is 5.13. The molecule has 0 aliphatic carbocycles. The zero-order chi connectivity index (χ0) is 16.1. The Morgan fingerprint density at radius 2 is 1.91 bits per heavy atom. The Kier molecular flexibility index (Phi) is 5.17. The molecule has 2 N–H and O–H groups in total. The van der Waals surface area contributed by atoms with Crippen LogP contribution in [0.25, 0.3) is 0 Å². The second-order valence-electron chi connectivity index (χ2n) is 5.13. The molecule has 4 heteroatoms. The van der Waals surface area contributed by atoms with Crippen molar-refractivity contribution in [2.75, 3.05) is 0 Å². The molecule has 22 heavy (non-hydrogen) atoms. The van der Waals surface area contributed by atoms with E-state index in [9.17, 15) is 9.90 Å². The summed E-state index contributed by atoms with van der Waals surface area (Å²) in [6.07, 6.45) is -0.686. The zero-order valence-corrected chi connectivity index (χ0v) is 12.7. The molecule has 1 atom stereocenters. The Morgan fingerprint density at radius 1 is 1.18 bits per heavy atom. The Hall–Kier alpha value is -2.33. The first kappa shape index (κ1) is 16.0. The van der Waals surface area contributed by atoms with E-state index in [1.165, 1.54) is 0 Å². The SMILES string of the molecule is CCc1ccccc1OCc1c(C)cccc1C(O)C(=O)O. The highest BCUT2D eigenvalue weighted by Crippen LogP contribution is 2.25. The smallest absolute Gasteiger partial charge is 0.337 e. The summed E-state index contributed by atoms with van der Waals surface area (Å²) in [5.41, 5.74) is 3.08. The Morgan fingerprint density at radius 3 is 2.59 bits per heavy atom. The van der Waals surface area contributed by atoms with Crippen LogP contribution in [0.15, 0.2) is 42.5 Å². The van der Waals surface area contributed by atoms with Gasteiger partial charge in [0, 0.05) is 0 Å². The van der Waals surface area contributed by atoms with E-state index in [-0.39, 0.29) is 6.61 Å².